The van der Waals surface area contributed by atoms with Crippen LogP contribution in [0.25, 0.3) is 0 Å². The highest BCUT2D eigenvalue weighted by Gasteiger charge is 2.23. The van der Waals surface area contributed by atoms with Gasteiger partial charge in [-0.15, -0.1) is 0 Å². The molecule has 0 aliphatic carbocycles. The van der Waals surface area contributed by atoms with Crippen LogP contribution in [0.1, 0.15) is 26.3 Å². The minimum Gasteiger partial charge on any atom is -0.460 e. The first-order valence-corrected chi connectivity index (χ1v) is 7.88. The number of benzene rings is 1. The van der Waals surface area contributed by atoms with Crippen LogP contribution in [0.4, 0.5) is 5.69 Å². The quantitative estimate of drug-likeness (QED) is 0.685. The van der Waals surface area contributed by atoms with Crippen LogP contribution in [0.3, 0.4) is 0 Å². The zero-order valence-corrected chi connectivity index (χ0v) is 12.5. The second-order valence-electron chi connectivity index (χ2n) is 5.02. The van der Waals surface area contributed by atoms with Gasteiger partial charge < -0.3 is 4.74 Å². The molecule has 1 rings (SSSR count). The third-order valence-corrected chi connectivity index (χ3v) is 2.92. The summed E-state index contributed by atoms with van der Waals surface area (Å²) in [5, 5.41) is 0. The van der Waals surface area contributed by atoms with E-state index in [1.807, 2.05) is 0 Å². The van der Waals surface area contributed by atoms with Gasteiger partial charge in [-0.05, 0) is 26.8 Å². The van der Waals surface area contributed by atoms with Gasteiger partial charge in [0.1, 0.15) is 6.61 Å². The summed E-state index contributed by atoms with van der Waals surface area (Å²) in [6, 6.07) is 6.56. The van der Waals surface area contributed by atoms with E-state index >= 15 is 0 Å². The minimum atomic E-state index is -3.88. The standard InChI is InChI=1S/C12H16ClNO4S/c1-12(2,3)11(15)18-8-9-6-4-5-7-10(9)14-19(13,16)17/h4-7,14H,8H2,1-3H3. The van der Waals surface area contributed by atoms with E-state index in [-0.39, 0.29) is 12.6 Å². The lowest BCUT2D eigenvalue weighted by Crippen LogP contribution is -2.23. The van der Waals surface area contributed by atoms with Gasteiger partial charge in [0.25, 0.3) is 0 Å². The molecule has 0 spiro atoms. The SMILES string of the molecule is CC(C)(C)C(=O)OCc1ccccc1NS(=O)(=O)Cl. The Morgan fingerprint density at radius 2 is 1.89 bits per heavy atom. The molecule has 0 saturated carbocycles. The van der Waals surface area contributed by atoms with Crippen LogP contribution in [0.15, 0.2) is 24.3 Å². The molecule has 0 unspecified atom stereocenters. The van der Waals surface area contributed by atoms with Gasteiger partial charge in [0.2, 0.25) is 0 Å². The van der Waals surface area contributed by atoms with Crippen molar-refractivity contribution in [3.63, 3.8) is 0 Å². The van der Waals surface area contributed by atoms with Gasteiger partial charge in [-0.1, -0.05) is 18.2 Å². The summed E-state index contributed by atoms with van der Waals surface area (Å²) in [7, 11) is 1.24. The van der Waals surface area contributed by atoms with E-state index < -0.39 is 14.7 Å². The monoisotopic (exact) mass is 305 g/mol. The van der Waals surface area contributed by atoms with Gasteiger partial charge in [-0.25, -0.2) is 0 Å². The zero-order chi connectivity index (χ0) is 14.7. The molecular weight excluding hydrogens is 290 g/mol. The maximum absolute atomic E-state index is 11.6. The van der Waals surface area contributed by atoms with Crippen molar-refractivity contribution in [2.75, 3.05) is 4.72 Å². The smallest absolute Gasteiger partial charge is 0.319 e. The summed E-state index contributed by atoms with van der Waals surface area (Å²) in [6.45, 7) is 5.19. The normalized spacial score (nSPS) is 12.0. The number of nitrogens with one attached hydrogen (secondary N) is 1. The van der Waals surface area contributed by atoms with Gasteiger partial charge in [-0.2, -0.15) is 8.42 Å². The highest BCUT2D eigenvalue weighted by molar-refractivity contribution is 8.14. The van der Waals surface area contributed by atoms with Crippen LogP contribution in [0, 0.1) is 5.41 Å². The van der Waals surface area contributed by atoms with Crippen molar-refractivity contribution in [2.45, 2.75) is 27.4 Å². The van der Waals surface area contributed by atoms with Crippen LogP contribution < -0.4 is 4.72 Å². The topological polar surface area (TPSA) is 72.5 Å². The molecule has 0 aliphatic heterocycles. The minimum absolute atomic E-state index is 0.0221. The summed E-state index contributed by atoms with van der Waals surface area (Å²) in [4.78, 5) is 11.6. The van der Waals surface area contributed by atoms with E-state index in [0.29, 0.717) is 11.3 Å². The number of carbonyl (C=O) groups is 1. The molecule has 0 fully saturated rings. The lowest BCUT2D eigenvalue weighted by atomic mass is 9.97. The van der Waals surface area contributed by atoms with Crippen molar-refractivity contribution < 1.29 is 17.9 Å². The predicted octanol–water partition coefficient (Wildman–Crippen LogP) is 2.67. The number of hydrogen-bond acceptors (Lipinski definition) is 4. The first kappa shape index (κ1) is 15.8. The van der Waals surface area contributed by atoms with Crippen molar-refractivity contribution in [2.24, 2.45) is 5.41 Å². The van der Waals surface area contributed by atoms with Gasteiger partial charge in [-0.3, -0.25) is 9.52 Å². The fourth-order valence-corrected chi connectivity index (χ4v) is 1.95. The summed E-state index contributed by atoms with van der Waals surface area (Å²) >= 11 is 0. The first-order valence-electron chi connectivity index (χ1n) is 5.57. The Balaban J connectivity index is 2.82. The lowest BCUT2D eigenvalue weighted by Gasteiger charge is -2.17. The van der Waals surface area contributed by atoms with Crippen LogP contribution in [0.5, 0.6) is 0 Å². The van der Waals surface area contributed by atoms with Gasteiger partial charge in [0.05, 0.1) is 11.1 Å². The zero-order valence-electron chi connectivity index (χ0n) is 10.9. The average molecular weight is 306 g/mol. The molecule has 19 heavy (non-hydrogen) atoms. The largest absolute Gasteiger partial charge is 0.460 e. The Morgan fingerprint density at radius 3 is 2.42 bits per heavy atom. The van der Waals surface area contributed by atoms with Crippen molar-refractivity contribution >= 4 is 31.6 Å². The molecule has 7 heteroatoms. The molecular formula is C12H16ClNO4S. The number of halogens is 1. The number of ether oxygens (including phenoxy) is 1. The van der Waals surface area contributed by atoms with Crippen molar-refractivity contribution in [1.82, 2.24) is 0 Å². The average Bonchev–Trinajstić information content (AvgIpc) is 2.24. The summed E-state index contributed by atoms with van der Waals surface area (Å²) in [5.41, 5.74) is 0.213. The van der Waals surface area contributed by atoms with Gasteiger partial charge in [0.15, 0.2) is 0 Å². The van der Waals surface area contributed by atoms with Crippen molar-refractivity contribution in [3.8, 4) is 0 Å². The highest BCUT2D eigenvalue weighted by atomic mass is 35.7. The van der Waals surface area contributed by atoms with E-state index in [0.717, 1.165) is 0 Å². The van der Waals surface area contributed by atoms with Crippen LogP contribution in [0.2, 0.25) is 0 Å². The molecule has 0 heterocycles. The maximum Gasteiger partial charge on any atom is 0.319 e. The van der Waals surface area contributed by atoms with Crippen molar-refractivity contribution in [1.29, 1.82) is 0 Å². The molecule has 0 bridgehead atoms. The van der Waals surface area contributed by atoms with Crippen LogP contribution in [-0.4, -0.2) is 14.4 Å². The maximum atomic E-state index is 11.6. The Labute approximate surface area is 117 Å². The first-order chi connectivity index (χ1) is 8.59. The van der Waals surface area contributed by atoms with E-state index in [4.69, 9.17) is 15.4 Å². The number of rotatable bonds is 4. The lowest BCUT2D eigenvalue weighted by molar-refractivity contribution is -0.154. The van der Waals surface area contributed by atoms with E-state index in [9.17, 15) is 13.2 Å². The Bertz CT molecular complexity index is 563. The fraction of sp³-hybridized carbons (Fsp3) is 0.417. The molecule has 0 radical (unpaired) electrons. The second-order valence-corrected chi connectivity index (χ2v) is 7.32. The molecule has 1 aromatic rings. The molecule has 0 aliphatic rings. The Hall–Kier alpha value is -1.27. The van der Waals surface area contributed by atoms with E-state index in [2.05, 4.69) is 4.72 Å². The molecule has 1 N–H and O–H groups in total. The number of hydrogen-bond donors (Lipinski definition) is 1. The molecule has 1 aromatic carbocycles. The molecule has 106 valence electrons. The third-order valence-electron chi connectivity index (χ3n) is 2.22. The molecule has 0 atom stereocenters. The number of esters is 1. The Morgan fingerprint density at radius 1 is 1.32 bits per heavy atom. The van der Waals surface area contributed by atoms with E-state index in [1.165, 1.54) is 0 Å². The third kappa shape index (κ3) is 5.48. The number of carbonyl (C=O) groups excluding carboxylic acids is 1. The summed E-state index contributed by atoms with van der Waals surface area (Å²) < 4.78 is 29.3. The van der Waals surface area contributed by atoms with Crippen LogP contribution >= 0.6 is 10.7 Å². The molecule has 5 nitrogen and oxygen atoms in total. The molecule has 0 saturated heterocycles. The number of para-hydroxylation sites is 1. The molecule has 0 aromatic heterocycles. The Kier molecular flexibility index (Phi) is 4.81. The second kappa shape index (κ2) is 5.79. The summed E-state index contributed by atoms with van der Waals surface area (Å²) in [6.07, 6.45) is 0. The molecule has 0 amide bonds. The van der Waals surface area contributed by atoms with E-state index in [1.54, 1.807) is 45.0 Å². The fourth-order valence-electron chi connectivity index (χ4n) is 1.24. The van der Waals surface area contributed by atoms with Crippen molar-refractivity contribution in [3.05, 3.63) is 29.8 Å². The van der Waals surface area contributed by atoms with Crippen LogP contribution in [-0.2, 0) is 25.4 Å². The summed E-state index contributed by atoms with van der Waals surface area (Å²) in [5.74, 6) is -0.365. The van der Waals surface area contributed by atoms with Gasteiger partial charge >= 0.3 is 15.2 Å². The predicted molar refractivity (Wildman–Crippen MR) is 74.1 cm³/mol. The van der Waals surface area contributed by atoms with Gasteiger partial charge in [0, 0.05) is 16.2 Å². The number of anilines is 1. The highest BCUT2D eigenvalue weighted by Crippen LogP contribution is 2.21.